The Kier molecular flexibility index (Phi) is 15.5. The Balaban J connectivity index is 3.27. The van der Waals surface area contributed by atoms with Gasteiger partial charge in [0.25, 0.3) is 0 Å². The maximum atomic E-state index is 5.17. The molecule has 0 aromatic rings. The summed E-state index contributed by atoms with van der Waals surface area (Å²) in [6.45, 7) is 4.61. The van der Waals surface area contributed by atoms with Crippen molar-refractivity contribution in [3.63, 3.8) is 0 Å². The highest BCUT2D eigenvalue weighted by Crippen LogP contribution is 2.12. The average Bonchev–Trinajstić information content (AvgIpc) is 2.51. The van der Waals surface area contributed by atoms with Gasteiger partial charge in [0.15, 0.2) is 6.29 Å². The van der Waals surface area contributed by atoms with E-state index in [1.807, 2.05) is 0 Å². The number of rotatable bonds is 13. The second-order valence-electron chi connectivity index (χ2n) is 5.97. The lowest BCUT2D eigenvalue weighted by molar-refractivity contribution is -0.107. The number of unbranched alkanes of at least 4 members (excludes halogenated alkanes) is 6. The van der Waals surface area contributed by atoms with Crippen LogP contribution in [0.4, 0.5) is 0 Å². The number of ether oxygens (including phenoxy) is 2. The fraction of sp³-hybridized carbons (Fsp3) is 0.895. The van der Waals surface area contributed by atoms with Crippen molar-refractivity contribution in [2.45, 2.75) is 90.8 Å². The quantitative estimate of drug-likeness (QED) is 0.252. The molecule has 0 radical (unpaired) electrons. The van der Waals surface area contributed by atoms with Gasteiger partial charge in [-0.15, -0.1) is 11.8 Å². The molecule has 0 aromatic carbocycles. The van der Waals surface area contributed by atoms with Crippen LogP contribution in [0.5, 0.6) is 0 Å². The summed E-state index contributed by atoms with van der Waals surface area (Å²) in [4.78, 5) is 0. The van der Waals surface area contributed by atoms with Crippen molar-refractivity contribution in [1.29, 1.82) is 0 Å². The summed E-state index contributed by atoms with van der Waals surface area (Å²) in [5, 5.41) is 0. The minimum Gasteiger partial charge on any atom is -0.356 e. The summed E-state index contributed by atoms with van der Waals surface area (Å²) in [5.41, 5.74) is 0. The molecule has 0 saturated carbocycles. The Morgan fingerprint density at radius 3 is 1.86 bits per heavy atom. The molecule has 124 valence electrons. The minimum atomic E-state index is -0.0276. The van der Waals surface area contributed by atoms with E-state index in [9.17, 15) is 0 Å². The van der Waals surface area contributed by atoms with E-state index >= 15 is 0 Å². The molecule has 2 heteroatoms. The molecule has 0 spiro atoms. The summed E-state index contributed by atoms with van der Waals surface area (Å²) >= 11 is 0. The molecule has 1 unspecified atom stereocenters. The summed E-state index contributed by atoms with van der Waals surface area (Å²) in [7, 11) is 3.40. The Bertz CT molecular complexity index is 260. The van der Waals surface area contributed by atoms with E-state index in [-0.39, 0.29) is 6.29 Å². The monoisotopic (exact) mass is 296 g/mol. The highest BCUT2D eigenvalue weighted by molar-refractivity contribution is 4.98. The lowest BCUT2D eigenvalue weighted by atomic mass is 10.0. The first-order valence-corrected chi connectivity index (χ1v) is 8.75. The molecule has 0 heterocycles. The summed E-state index contributed by atoms with van der Waals surface area (Å²) in [6.07, 6.45) is 13.3. The van der Waals surface area contributed by atoms with Gasteiger partial charge in [-0.1, -0.05) is 46.0 Å². The molecule has 0 fully saturated rings. The normalized spacial score (nSPS) is 12.2. The van der Waals surface area contributed by atoms with E-state index in [4.69, 9.17) is 9.47 Å². The second-order valence-corrected chi connectivity index (χ2v) is 5.97. The molecule has 0 aliphatic rings. The average molecular weight is 296 g/mol. The smallest absolute Gasteiger partial charge is 0.156 e. The van der Waals surface area contributed by atoms with Crippen LogP contribution >= 0.6 is 0 Å². The summed E-state index contributed by atoms with van der Waals surface area (Å²) in [5.74, 6) is 7.51. The molecule has 21 heavy (non-hydrogen) atoms. The van der Waals surface area contributed by atoms with Crippen LogP contribution in [-0.4, -0.2) is 20.5 Å². The Morgan fingerprint density at radius 1 is 0.762 bits per heavy atom. The maximum absolute atomic E-state index is 5.17. The van der Waals surface area contributed by atoms with Gasteiger partial charge in [0.1, 0.15) is 0 Å². The maximum Gasteiger partial charge on any atom is 0.156 e. The zero-order valence-corrected chi connectivity index (χ0v) is 14.7. The van der Waals surface area contributed by atoms with E-state index in [1.165, 1.54) is 51.4 Å². The van der Waals surface area contributed by atoms with Crippen molar-refractivity contribution in [3.05, 3.63) is 0 Å². The van der Waals surface area contributed by atoms with Gasteiger partial charge in [0, 0.05) is 27.1 Å². The SMILES string of the molecule is CCC(C)CCCCC#CCCCCCCC(OC)OC. The number of hydrogen-bond acceptors (Lipinski definition) is 2. The Morgan fingerprint density at radius 2 is 1.29 bits per heavy atom. The van der Waals surface area contributed by atoms with Crippen LogP contribution in [0, 0.1) is 17.8 Å². The molecule has 0 saturated heterocycles. The van der Waals surface area contributed by atoms with Gasteiger partial charge >= 0.3 is 0 Å². The fourth-order valence-corrected chi connectivity index (χ4v) is 2.30. The molecule has 0 aromatic heterocycles. The van der Waals surface area contributed by atoms with E-state index in [1.54, 1.807) is 14.2 Å². The standard InChI is InChI=1S/C19H36O2/c1-5-18(2)16-14-12-10-8-6-7-9-11-13-15-17-19(20-3)21-4/h18-19H,5,7,9-17H2,1-4H3. The van der Waals surface area contributed by atoms with Crippen LogP contribution in [0.25, 0.3) is 0 Å². The van der Waals surface area contributed by atoms with E-state index in [0.29, 0.717) is 0 Å². The van der Waals surface area contributed by atoms with Gasteiger partial charge in [-0.3, -0.25) is 0 Å². The Hall–Kier alpha value is -0.520. The van der Waals surface area contributed by atoms with Gasteiger partial charge in [0.2, 0.25) is 0 Å². The molecule has 0 rings (SSSR count). The first-order chi connectivity index (χ1) is 10.2. The highest BCUT2D eigenvalue weighted by atomic mass is 16.7. The molecule has 0 bridgehead atoms. The van der Waals surface area contributed by atoms with Crippen LogP contribution < -0.4 is 0 Å². The predicted octanol–water partition coefficient (Wildman–Crippen LogP) is 5.56. The molecule has 0 aliphatic heterocycles. The van der Waals surface area contributed by atoms with Crippen molar-refractivity contribution in [2.75, 3.05) is 14.2 Å². The molecular weight excluding hydrogens is 260 g/mol. The van der Waals surface area contributed by atoms with Crippen LogP contribution in [0.2, 0.25) is 0 Å². The fourth-order valence-electron chi connectivity index (χ4n) is 2.30. The van der Waals surface area contributed by atoms with Crippen molar-refractivity contribution >= 4 is 0 Å². The first kappa shape index (κ1) is 20.5. The highest BCUT2D eigenvalue weighted by Gasteiger charge is 2.03. The van der Waals surface area contributed by atoms with Crippen LogP contribution in [0.15, 0.2) is 0 Å². The largest absolute Gasteiger partial charge is 0.356 e. The predicted molar refractivity (Wildman–Crippen MR) is 91.2 cm³/mol. The van der Waals surface area contributed by atoms with Crippen molar-refractivity contribution < 1.29 is 9.47 Å². The van der Waals surface area contributed by atoms with Crippen LogP contribution in [0.3, 0.4) is 0 Å². The minimum absolute atomic E-state index is 0.0276. The van der Waals surface area contributed by atoms with Gasteiger partial charge < -0.3 is 9.47 Å². The second kappa shape index (κ2) is 15.9. The van der Waals surface area contributed by atoms with E-state index < -0.39 is 0 Å². The summed E-state index contributed by atoms with van der Waals surface area (Å²) < 4.78 is 10.3. The third-order valence-electron chi connectivity index (χ3n) is 4.09. The van der Waals surface area contributed by atoms with Crippen LogP contribution in [-0.2, 0) is 9.47 Å². The molecule has 1 atom stereocenters. The number of hydrogen-bond donors (Lipinski definition) is 0. The number of methoxy groups -OCH3 is 2. The lowest BCUT2D eigenvalue weighted by Gasteiger charge is -2.12. The van der Waals surface area contributed by atoms with E-state index in [0.717, 1.165) is 25.2 Å². The van der Waals surface area contributed by atoms with Gasteiger partial charge in [-0.05, 0) is 31.6 Å². The lowest BCUT2D eigenvalue weighted by Crippen LogP contribution is -2.12. The Labute approximate surface area is 133 Å². The zero-order valence-electron chi connectivity index (χ0n) is 14.7. The summed E-state index contributed by atoms with van der Waals surface area (Å²) in [6, 6.07) is 0. The van der Waals surface area contributed by atoms with Crippen LogP contribution in [0.1, 0.15) is 84.5 Å². The molecule has 2 nitrogen and oxygen atoms in total. The first-order valence-electron chi connectivity index (χ1n) is 8.75. The van der Waals surface area contributed by atoms with Crippen molar-refractivity contribution in [3.8, 4) is 11.8 Å². The molecular formula is C19H36O2. The van der Waals surface area contributed by atoms with Gasteiger partial charge in [-0.2, -0.15) is 0 Å². The third-order valence-corrected chi connectivity index (χ3v) is 4.09. The molecule has 0 amide bonds. The van der Waals surface area contributed by atoms with E-state index in [2.05, 4.69) is 25.7 Å². The van der Waals surface area contributed by atoms with Crippen molar-refractivity contribution in [2.24, 2.45) is 5.92 Å². The third kappa shape index (κ3) is 14.2. The molecule has 0 N–H and O–H groups in total. The van der Waals surface area contributed by atoms with Crippen molar-refractivity contribution in [1.82, 2.24) is 0 Å². The zero-order chi connectivity index (χ0) is 15.8. The topological polar surface area (TPSA) is 18.5 Å². The molecule has 0 aliphatic carbocycles. The van der Waals surface area contributed by atoms with Gasteiger partial charge in [-0.25, -0.2) is 0 Å². The van der Waals surface area contributed by atoms with Gasteiger partial charge in [0.05, 0.1) is 0 Å².